The van der Waals surface area contributed by atoms with E-state index in [1.807, 2.05) is 0 Å². The Morgan fingerprint density at radius 2 is 1.71 bits per heavy atom. The third-order valence-electron chi connectivity index (χ3n) is 8.10. The lowest BCUT2D eigenvalue weighted by Crippen LogP contribution is -2.33. The van der Waals surface area contributed by atoms with Crippen LogP contribution in [-0.4, -0.2) is 11.7 Å². The summed E-state index contributed by atoms with van der Waals surface area (Å²) in [5, 5.41) is 9.45. The highest BCUT2D eigenvalue weighted by Gasteiger charge is 2.85. The largest absolute Gasteiger partial charge is 0.396 e. The second-order valence-corrected chi connectivity index (χ2v) is 8.74. The van der Waals surface area contributed by atoms with Gasteiger partial charge in [-0.25, -0.2) is 0 Å². The van der Waals surface area contributed by atoms with E-state index >= 15 is 0 Å². The zero-order valence-corrected chi connectivity index (χ0v) is 11.7. The summed E-state index contributed by atoms with van der Waals surface area (Å²) in [6.45, 7) is 10.3. The molecule has 0 saturated heterocycles. The Morgan fingerprint density at radius 1 is 1.00 bits per heavy atom. The fourth-order valence-electron chi connectivity index (χ4n) is 5.80. The van der Waals surface area contributed by atoms with Gasteiger partial charge in [0.2, 0.25) is 0 Å². The van der Waals surface area contributed by atoms with Crippen LogP contribution in [0.15, 0.2) is 0 Å². The molecule has 0 aliphatic heterocycles. The minimum atomic E-state index is 0.283. The highest BCUT2D eigenvalue weighted by Crippen LogP contribution is 2.91. The van der Waals surface area contributed by atoms with Crippen molar-refractivity contribution < 1.29 is 5.11 Å². The Bertz CT molecular complexity index is 400. The maximum atomic E-state index is 9.45. The summed E-state index contributed by atoms with van der Waals surface area (Å²) >= 11 is 0. The van der Waals surface area contributed by atoms with E-state index in [0.29, 0.717) is 22.9 Å². The van der Waals surface area contributed by atoms with Gasteiger partial charge in [0.25, 0.3) is 0 Å². The number of fused-ring (bicyclic) bond motifs is 3. The Balaban J connectivity index is 1.57. The van der Waals surface area contributed by atoms with Crippen LogP contribution in [0, 0.1) is 39.4 Å². The van der Waals surface area contributed by atoms with Crippen molar-refractivity contribution in [1.82, 2.24) is 0 Å². The van der Waals surface area contributed by atoms with Gasteiger partial charge in [-0.3, -0.25) is 0 Å². The van der Waals surface area contributed by atoms with Gasteiger partial charge >= 0.3 is 0 Å². The molecule has 0 bridgehead atoms. The molecule has 0 aromatic rings. The Kier molecular flexibility index (Phi) is 1.58. The van der Waals surface area contributed by atoms with Gasteiger partial charge < -0.3 is 5.11 Å². The molecule has 1 nitrogen and oxygen atoms in total. The van der Waals surface area contributed by atoms with E-state index in [1.54, 1.807) is 0 Å². The molecular weight excluding hydrogens is 208 g/mol. The molecule has 17 heavy (non-hydrogen) atoms. The Morgan fingerprint density at radius 3 is 2.18 bits per heavy atom. The molecule has 0 spiro atoms. The number of rotatable bonds is 3. The average molecular weight is 234 g/mol. The SMILES string of the molecule is CC1(C)[C@@]2(C[C@@H]3C[C@@]3(C)CO)C[C@@H]2[C@H]2C[C@]21C. The number of hydrogen-bond acceptors (Lipinski definition) is 1. The highest BCUT2D eigenvalue weighted by molar-refractivity contribution is 5.33. The van der Waals surface area contributed by atoms with Crippen LogP contribution < -0.4 is 0 Å². The van der Waals surface area contributed by atoms with Gasteiger partial charge in [-0.1, -0.05) is 27.7 Å². The average Bonchev–Trinajstić information content (AvgIpc) is 3.12. The predicted molar refractivity (Wildman–Crippen MR) is 68.5 cm³/mol. The summed E-state index contributed by atoms with van der Waals surface area (Å²) in [5.74, 6) is 2.92. The molecule has 1 N–H and O–H groups in total. The van der Waals surface area contributed by atoms with Crippen molar-refractivity contribution in [2.45, 2.75) is 53.4 Å². The Hall–Kier alpha value is -0.0400. The number of hydrogen-bond donors (Lipinski definition) is 1. The summed E-state index contributed by atoms with van der Waals surface area (Å²) in [5.41, 5.74) is 2.17. The minimum Gasteiger partial charge on any atom is -0.396 e. The van der Waals surface area contributed by atoms with E-state index in [1.165, 1.54) is 25.7 Å². The summed E-state index contributed by atoms with van der Waals surface area (Å²) in [7, 11) is 0. The fraction of sp³-hybridized carbons (Fsp3) is 1.00. The topological polar surface area (TPSA) is 20.2 Å². The van der Waals surface area contributed by atoms with Gasteiger partial charge in [0.1, 0.15) is 0 Å². The highest BCUT2D eigenvalue weighted by atomic mass is 16.3. The monoisotopic (exact) mass is 234 g/mol. The third-order valence-corrected chi connectivity index (χ3v) is 8.10. The van der Waals surface area contributed by atoms with Gasteiger partial charge in [-0.15, -0.1) is 0 Å². The molecule has 0 aromatic heterocycles. The van der Waals surface area contributed by atoms with Crippen LogP contribution in [0.25, 0.3) is 0 Å². The summed E-state index contributed by atoms with van der Waals surface area (Å²) in [6, 6.07) is 0. The standard InChI is InChI=1S/C16H26O/c1-13(2)15(4)7-11(15)12-8-16(12,13)6-10-5-14(10,3)9-17/h10-12,17H,5-9H2,1-4H3/t10-,11+,12+,14-,15+,16-/m0/s1. The first-order valence-electron chi connectivity index (χ1n) is 7.42. The van der Waals surface area contributed by atoms with E-state index in [4.69, 9.17) is 0 Å². The minimum absolute atomic E-state index is 0.283. The zero-order chi connectivity index (χ0) is 12.3. The first kappa shape index (κ1) is 10.8. The van der Waals surface area contributed by atoms with Crippen molar-refractivity contribution in [3.8, 4) is 0 Å². The van der Waals surface area contributed by atoms with Crippen molar-refractivity contribution in [2.24, 2.45) is 39.4 Å². The van der Waals surface area contributed by atoms with Gasteiger partial charge in [-0.2, -0.15) is 0 Å². The van der Waals surface area contributed by atoms with Crippen LogP contribution in [-0.2, 0) is 0 Å². The zero-order valence-electron chi connectivity index (χ0n) is 11.7. The lowest BCUT2D eigenvalue weighted by atomic mass is 9.65. The van der Waals surface area contributed by atoms with E-state index in [-0.39, 0.29) is 5.41 Å². The molecule has 4 fully saturated rings. The molecule has 0 radical (unpaired) electrons. The fourth-order valence-corrected chi connectivity index (χ4v) is 5.80. The van der Waals surface area contributed by atoms with Crippen LogP contribution >= 0.6 is 0 Å². The first-order chi connectivity index (χ1) is 7.81. The lowest BCUT2D eigenvalue weighted by Gasteiger charge is -2.39. The van der Waals surface area contributed by atoms with Crippen molar-refractivity contribution in [1.29, 1.82) is 0 Å². The second kappa shape index (κ2) is 2.48. The lowest BCUT2D eigenvalue weighted by molar-refractivity contribution is 0.0873. The van der Waals surface area contributed by atoms with Crippen molar-refractivity contribution >= 4 is 0 Å². The van der Waals surface area contributed by atoms with Crippen LogP contribution in [0.3, 0.4) is 0 Å². The molecule has 0 aromatic carbocycles. The smallest absolute Gasteiger partial charge is 0.0487 e. The normalized spacial score (nSPS) is 65.1. The van der Waals surface area contributed by atoms with Crippen molar-refractivity contribution in [3.05, 3.63) is 0 Å². The van der Waals surface area contributed by atoms with Crippen LogP contribution in [0.5, 0.6) is 0 Å². The molecule has 4 saturated carbocycles. The van der Waals surface area contributed by atoms with E-state index in [2.05, 4.69) is 27.7 Å². The molecule has 96 valence electrons. The molecule has 1 heteroatoms. The predicted octanol–water partition coefficient (Wildman–Crippen LogP) is 3.47. The molecule has 4 aliphatic rings. The second-order valence-electron chi connectivity index (χ2n) is 8.74. The molecule has 4 aliphatic carbocycles. The van der Waals surface area contributed by atoms with Crippen LogP contribution in [0.2, 0.25) is 0 Å². The molecule has 4 rings (SSSR count). The number of aliphatic hydroxyl groups is 1. The van der Waals surface area contributed by atoms with Gasteiger partial charge in [-0.05, 0) is 65.1 Å². The molecule has 6 atom stereocenters. The third kappa shape index (κ3) is 0.959. The molecule has 0 amide bonds. The molecule has 0 heterocycles. The molecule has 0 unspecified atom stereocenters. The maximum absolute atomic E-state index is 9.45. The van der Waals surface area contributed by atoms with Crippen LogP contribution in [0.1, 0.15) is 53.4 Å². The van der Waals surface area contributed by atoms with Gasteiger partial charge in [0.05, 0.1) is 0 Å². The molecular formula is C16H26O. The van der Waals surface area contributed by atoms with Gasteiger partial charge in [0, 0.05) is 6.61 Å². The number of aliphatic hydroxyl groups excluding tert-OH is 1. The van der Waals surface area contributed by atoms with Gasteiger partial charge in [0.15, 0.2) is 0 Å². The van der Waals surface area contributed by atoms with Crippen LogP contribution in [0.4, 0.5) is 0 Å². The summed E-state index contributed by atoms with van der Waals surface area (Å²) < 4.78 is 0. The maximum Gasteiger partial charge on any atom is 0.0487 e. The van der Waals surface area contributed by atoms with Crippen molar-refractivity contribution in [2.75, 3.05) is 6.61 Å². The summed E-state index contributed by atoms with van der Waals surface area (Å²) in [6.07, 6.45) is 5.68. The van der Waals surface area contributed by atoms with E-state index in [9.17, 15) is 5.11 Å². The van der Waals surface area contributed by atoms with Crippen molar-refractivity contribution in [3.63, 3.8) is 0 Å². The first-order valence-corrected chi connectivity index (χ1v) is 7.42. The van der Waals surface area contributed by atoms with E-state index < -0.39 is 0 Å². The quantitative estimate of drug-likeness (QED) is 0.793. The Labute approximate surface area is 105 Å². The van der Waals surface area contributed by atoms with E-state index in [0.717, 1.165) is 17.8 Å². The summed E-state index contributed by atoms with van der Waals surface area (Å²) in [4.78, 5) is 0.